The maximum atomic E-state index is 11.6. The molecule has 0 aliphatic rings. The summed E-state index contributed by atoms with van der Waals surface area (Å²) in [5.41, 5.74) is 2.88. The predicted octanol–water partition coefficient (Wildman–Crippen LogP) is 1.60. The monoisotopic (exact) mass is 299 g/mol. The number of nitrogens with one attached hydrogen (secondary N) is 1. The molecule has 6 heteroatoms. The average molecular weight is 299 g/mol. The van der Waals surface area contributed by atoms with Gasteiger partial charge in [0.1, 0.15) is 11.1 Å². The van der Waals surface area contributed by atoms with E-state index in [9.17, 15) is 8.42 Å². The van der Waals surface area contributed by atoms with Gasteiger partial charge in [0.05, 0.1) is 0 Å². The summed E-state index contributed by atoms with van der Waals surface area (Å²) in [6, 6.07) is 0. The zero-order valence-corrected chi connectivity index (χ0v) is 14.0. The molecule has 5 nitrogen and oxygen atoms in total. The highest BCUT2D eigenvalue weighted by Gasteiger charge is 2.22. The average Bonchev–Trinajstić information content (AvgIpc) is 2.31. The molecule has 0 radical (unpaired) electrons. The van der Waals surface area contributed by atoms with E-state index in [1.54, 1.807) is 6.92 Å². The van der Waals surface area contributed by atoms with E-state index in [-0.39, 0.29) is 0 Å². The summed E-state index contributed by atoms with van der Waals surface area (Å²) in [5, 5.41) is 2.49. The van der Waals surface area contributed by atoms with Crippen LogP contribution in [-0.2, 0) is 16.3 Å². The van der Waals surface area contributed by atoms with E-state index in [0.717, 1.165) is 29.9 Å². The van der Waals surface area contributed by atoms with Gasteiger partial charge in [0.2, 0.25) is 0 Å². The van der Waals surface area contributed by atoms with Crippen molar-refractivity contribution in [3.8, 4) is 0 Å². The first-order valence-electron chi connectivity index (χ1n) is 6.84. The van der Waals surface area contributed by atoms with Crippen LogP contribution in [0.1, 0.15) is 41.9 Å². The number of aromatic nitrogens is 2. The van der Waals surface area contributed by atoms with Crippen LogP contribution in [0.25, 0.3) is 0 Å². The second-order valence-electron chi connectivity index (χ2n) is 5.57. The first-order chi connectivity index (χ1) is 9.16. The summed E-state index contributed by atoms with van der Waals surface area (Å²) in [6.07, 6.45) is 2.11. The van der Waals surface area contributed by atoms with Gasteiger partial charge in [-0.2, -0.15) is 0 Å². The van der Waals surface area contributed by atoms with E-state index in [1.807, 2.05) is 20.9 Å². The predicted molar refractivity (Wildman–Crippen MR) is 81.6 cm³/mol. The Morgan fingerprint density at radius 2 is 1.65 bits per heavy atom. The Hall–Kier alpha value is -1.01. The number of nitrogens with zero attached hydrogens (tertiary/aromatic N) is 2. The number of sulfone groups is 1. The normalized spacial score (nSPS) is 15.1. The second kappa shape index (κ2) is 6.63. The molecule has 2 atom stereocenters. The summed E-state index contributed by atoms with van der Waals surface area (Å²) >= 11 is 0. The minimum absolute atomic E-state index is 0.396. The third kappa shape index (κ3) is 4.24. The Labute approximate surface area is 122 Å². The summed E-state index contributed by atoms with van der Waals surface area (Å²) in [7, 11) is -1.23. The molecule has 0 spiro atoms. The van der Waals surface area contributed by atoms with Crippen molar-refractivity contribution in [1.29, 1.82) is 0 Å². The van der Waals surface area contributed by atoms with Crippen molar-refractivity contribution >= 4 is 9.84 Å². The molecule has 1 rings (SSSR count). The van der Waals surface area contributed by atoms with Crippen molar-refractivity contribution < 1.29 is 8.42 Å². The zero-order valence-electron chi connectivity index (χ0n) is 13.2. The highest BCUT2D eigenvalue weighted by Crippen LogP contribution is 2.21. The van der Waals surface area contributed by atoms with Crippen LogP contribution in [0.15, 0.2) is 0 Å². The first kappa shape index (κ1) is 17.0. The lowest BCUT2D eigenvalue weighted by Crippen LogP contribution is -2.20. The van der Waals surface area contributed by atoms with Crippen LogP contribution < -0.4 is 5.32 Å². The topological polar surface area (TPSA) is 72.0 Å². The van der Waals surface area contributed by atoms with Gasteiger partial charge in [-0.25, -0.2) is 18.4 Å². The van der Waals surface area contributed by atoms with E-state index in [4.69, 9.17) is 0 Å². The molecular weight excluding hydrogens is 274 g/mol. The van der Waals surface area contributed by atoms with Crippen LogP contribution >= 0.6 is 0 Å². The Morgan fingerprint density at radius 1 is 1.15 bits per heavy atom. The standard InChI is InChI=1S/C14H25N3O2S/c1-9(8-15-5)7-13-10(2)16-14(17-11(13)3)12(4)20(6,18)19/h9,12,15H,7-8H2,1-6H3. The van der Waals surface area contributed by atoms with Crippen molar-refractivity contribution in [3.05, 3.63) is 22.8 Å². The molecule has 114 valence electrons. The maximum absolute atomic E-state index is 11.6. The van der Waals surface area contributed by atoms with E-state index >= 15 is 0 Å². The number of rotatable bonds is 6. The van der Waals surface area contributed by atoms with E-state index in [2.05, 4.69) is 22.2 Å². The maximum Gasteiger partial charge on any atom is 0.157 e. The van der Waals surface area contributed by atoms with Crippen LogP contribution in [0, 0.1) is 19.8 Å². The minimum Gasteiger partial charge on any atom is -0.319 e. The lowest BCUT2D eigenvalue weighted by atomic mass is 9.98. The highest BCUT2D eigenvalue weighted by atomic mass is 32.2. The van der Waals surface area contributed by atoms with Crippen molar-refractivity contribution in [1.82, 2.24) is 15.3 Å². The molecule has 0 amide bonds. The van der Waals surface area contributed by atoms with E-state index in [1.165, 1.54) is 6.26 Å². The SMILES string of the molecule is CNCC(C)Cc1c(C)nc(C(C)S(C)(=O)=O)nc1C. The summed E-state index contributed by atoms with van der Waals surface area (Å²) in [5.74, 6) is 0.881. The fraction of sp³-hybridized carbons (Fsp3) is 0.714. The summed E-state index contributed by atoms with van der Waals surface area (Å²) < 4.78 is 23.2. The highest BCUT2D eigenvalue weighted by molar-refractivity contribution is 7.90. The zero-order chi connectivity index (χ0) is 15.5. The molecule has 2 unspecified atom stereocenters. The quantitative estimate of drug-likeness (QED) is 0.864. The lowest BCUT2D eigenvalue weighted by Gasteiger charge is -2.17. The molecular formula is C14H25N3O2S. The van der Waals surface area contributed by atoms with Crippen LogP contribution in [-0.4, -0.2) is 38.2 Å². The first-order valence-corrected chi connectivity index (χ1v) is 8.79. The van der Waals surface area contributed by atoms with Gasteiger partial charge in [0.25, 0.3) is 0 Å². The molecule has 1 aromatic rings. The van der Waals surface area contributed by atoms with Crippen LogP contribution in [0.4, 0.5) is 0 Å². The third-order valence-corrected chi connectivity index (χ3v) is 5.04. The van der Waals surface area contributed by atoms with Crippen LogP contribution in [0.3, 0.4) is 0 Å². The number of hydrogen-bond donors (Lipinski definition) is 1. The molecule has 0 saturated heterocycles. The largest absolute Gasteiger partial charge is 0.319 e. The molecule has 0 fully saturated rings. The Bertz CT molecular complexity index is 547. The lowest BCUT2D eigenvalue weighted by molar-refractivity contribution is 0.536. The van der Waals surface area contributed by atoms with Crippen molar-refractivity contribution in [2.75, 3.05) is 19.8 Å². The van der Waals surface area contributed by atoms with Gasteiger partial charge in [-0.15, -0.1) is 0 Å². The second-order valence-corrected chi connectivity index (χ2v) is 7.94. The van der Waals surface area contributed by atoms with Gasteiger partial charge in [-0.3, -0.25) is 0 Å². The minimum atomic E-state index is -3.17. The molecule has 0 aliphatic carbocycles. The van der Waals surface area contributed by atoms with Crippen LogP contribution in [0.2, 0.25) is 0 Å². The molecule has 1 heterocycles. The van der Waals surface area contributed by atoms with Gasteiger partial charge in [-0.1, -0.05) is 6.92 Å². The smallest absolute Gasteiger partial charge is 0.157 e. The molecule has 0 saturated carbocycles. The molecule has 0 bridgehead atoms. The molecule has 0 aromatic carbocycles. The van der Waals surface area contributed by atoms with Gasteiger partial charge < -0.3 is 5.32 Å². The van der Waals surface area contributed by atoms with Crippen molar-refractivity contribution in [3.63, 3.8) is 0 Å². The summed E-state index contributed by atoms with van der Waals surface area (Å²) in [4.78, 5) is 8.81. The van der Waals surface area contributed by atoms with Gasteiger partial charge in [0, 0.05) is 17.6 Å². The van der Waals surface area contributed by atoms with Gasteiger partial charge in [0.15, 0.2) is 9.84 Å². The fourth-order valence-corrected chi connectivity index (χ4v) is 2.69. The molecule has 20 heavy (non-hydrogen) atoms. The third-order valence-electron chi connectivity index (χ3n) is 3.55. The number of hydrogen-bond acceptors (Lipinski definition) is 5. The van der Waals surface area contributed by atoms with E-state index < -0.39 is 15.1 Å². The van der Waals surface area contributed by atoms with Crippen molar-refractivity contribution in [2.24, 2.45) is 5.92 Å². The molecule has 1 N–H and O–H groups in total. The molecule has 0 aliphatic heterocycles. The van der Waals surface area contributed by atoms with Crippen molar-refractivity contribution in [2.45, 2.75) is 39.4 Å². The Morgan fingerprint density at radius 3 is 2.05 bits per heavy atom. The summed E-state index contributed by atoms with van der Waals surface area (Å²) in [6.45, 7) is 8.58. The molecule has 1 aromatic heterocycles. The van der Waals surface area contributed by atoms with Crippen LogP contribution in [0.5, 0.6) is 0 Å². The number of aryl methyl sites for hydroxylation is 2. The Balaban J connectivity index is 3.09. The van der Waals surface area contributed by atoms with E-state index in [0.29, 0.717) is 11.7 Å². The fourth-order valence-electron chi connectivity index (χ4n) is 2.20. The Kier molecular flexibility index (Phi) is 5.65. The van der Waals surface area contributed by atoms with Gasteiger partial charge >= 0.3 is 0 Å². The van der Waals surface area contributed by atoms with Gasteiger partial charge in [-0.05, 0) is 52.3 Å².